The van der Waals surface area contributed by atoms with Gasteiger partial charge in [-0.3, -0.25) is 0 Å². The number of benzene rings is 14. The smallest absolute Gasteiger partial charge is 0.0571 e. The number of hydrogen-bond acceptors (Lipinski definition) is 0. The van der Waals surface area contributed by atoms with Crippen LogP contribution in [0.2, 0.25) is 0 Å². The van der Waals surface area contributed by atoms with E-state index in [1.54, 1.807) is 0 Å². The van der Waals surface area contributed by atoms with Crippen LogP contribution in [0.5, 0.6) is 0 Å². The van der Waals surface area contributed by atoms with E-state index >= 15 is 0 Å². The molecule has 0 fully saturated rings. The molecule has 5 heterocycles. The molecule has 0 spiro atoms. The maximum atomic E-state index is 2.54. The second-order valence-corrected chi connectivity index (χ2v) is 26.9. The molecule has 0 aliphatic rings. The van der Waals surface area contributed by atoms with Crippen molar-refractivity contribution >= 4 is 109 Å². The molecule has 99 heavy (non-hydrogen) atoms. The monoisotopic (exact) mass is 1270 g/mol. The van der Waals surface area contributed by atoms with Crippen molar-refractivity contribution in [1.29, 1.82) is 0 Å². The first-order valence-corrected chi connectivity index (χ1v) is 35.5. The average molecular weight is 1270 g/mol. The Balaban J connectivity index is 0.736. The summed E-state index contributed by atoms with van der Waals surface area (Å²) < 4.78 is 12.4. The molecule has 0 N–H and O–H groups in total. The Morgan fingerprint density at radius 3 is 0.727 bits per heavy atom. The van der Waals surface area contributed by atoms with Crippen LogP contribution in [0.1, 0.15) is 34.6 Å². The third kappa shape index (κ3) is 9.21. The molecular formula is C94H73N5. The minimum atomic E-state index is 0.839. The van der Waals surface area contributed by atoms with Gasteiger partial charge < -0.3 is 22.8 Å². The van der Waals surface area contributed by atoms with E-state index in [1.807, 2.05) is 0 Å². The lowest BCUT2D eigenvalue weighted by molar-refractivity contribution is 0.827. The maximum absolute atomic E-state index is 2.54. The Labute approximate surface area is 575 Å². The van der Waals surface area contributed by atoms with Crippen LogP contribution in [0.4, 0.5) is 0 Å². The molecule has 0 atom stereocenters. The van der Waals surface area contributed by atoms with Crippen molar-refractivity contribution in [2.24, 2.45) is 0 Å². The molecule has 0 amide bonds. The zero-order valence-corrected chi connectivity index (χ0v) is 56.5. The zero-order valence-electron chi connectivity index (χ0n) is 56.5. The van der Waals surface area contributed by atoms with Crippen molar-refractivity contribution in [3.05, 3.63) is 291 Å². The highest BCUT2D eigenvalue weighted by Gasteiger charge is 2.22. The Morgan fingerprint density at radius 2 is 0.384 bits per heavy atom. The summed E-state index contributed by atoms with van der Waals surface area (Å²) in [7, 11) is 0. The maximum Gasteiger partial charge on any atom is 0.0571 e. The normalized spacial score (nSPS) is 12.1. The molecule has 5 nitrogen and oxygen atoms in total. The van der Waals surface area contributed by atoms with Crippen LogP contribution >= 0.6 is 0 Å². The molecule has 0 unspecified atom stereocenters. The molecular weight excluding hydrogens is 1200 g/mol. The van der Waals surface area contributed by atoms with Gasteiger partial charge >= 0.3 is 0 Å². The number of aromatic nitrogens is 5. The van der Waals surface area contributed by atoms with Crippen molar-refractivity contribution in [1.82, 2.24) is 22.8 Å². The number of para-hydroxylation sites is 4. The minimum absolute atomic E-state index is 0.839. The molecule has 5 aromatic heterocycles. The van der Waals surface area contributed by atoms with Gasteiger partial charge in [0, 0.05) is 142 Å². The molecule has 5 heteroatoms. The summed E-state index contributed by atoms with van der Waals surface area (Å²) in [4.78, 5) is 0. The molecule has 0 saturated heterocycles. The minimum Gasteiger partial charge on any atom is -0.341 e. The second kappa shape index (κ2) is 23.1. The number of hydrogen-bond donors (Lipinski definition) is 0. The lowest BCUT2D eigenvalue weighted by atomic mass is 9.90. The van der Waals surface area contributed by atoms with Gasteiger partial charge in [-0.05, 0) is 252 Å². The number of rotatable bonds is 13. The third-order valence-electron chi connectivity index (χ3n) is 21.8. The molecule has 0 aliphatic carbocycles. The van der Waals surface area contributed by atoms with Gasteiger partial charge in [-0.2, -0.15) is 0 Å². The standard InChI is InChI=1S/C94H73N5/c1-6-95-85-32-15-11-28-74(85)79-52-65(36-41-89(79)95)63-26-20-24-61(47-63)59-22-19-23-60(46-59)62-25-21-27-64(48-62)66-37-42-92-82(53-66)83-56-69(40-45-93(83)98(92)9-4)78-57-73(58-84-77-31-14-18-35-88(77)99(10-5)94(78)84)72-50-70(67-38-43-90-80(54-67)75-29-12-16-33-86(75)96(90)7-2)49-71(51-72)68-39-44-91-81(55-68)76-30-13-17-34-87(76)97(91)8-3/h11-58H,6-10H2,1-5H3. The first kappa shape index (κ1) is 58.4. The van der Waals surface area contributed by atoms with Crippen molar-refractivity contribution < 1.29 is 0 Å². The first-order valence-electron chi connectivity index (χ1n) is 35.5. The Hall–Kier alpha value is -11.9. The van der Waals surface area contributed by atoms with E-state index in [0.717, 1.165) is 32.7 Å². The van der Waals surface area contributed by atoms with Gasteiger partial charge in [0.05, 0.1) is 5.52 Å². The molecule has 0 radical (unpaired) electrons. The van der Waals surface area contributed by atoms with Gasteiger partial charge in [0.1, 0.15) is 0 Å². The van der Waals surface area contributed by atoms with Crippen molar-refractivity contribution in [2.45, 2.75) is 67.3 Å². The number of fused-ring (bicyclic) bond motifs is 15. The quantitative estimate of drug-likeness (QED) is 0.110. The van der Waals surface area contributed by atoms with E-state index in [-0.39, 0.29) is 0 Å². The Bertz CT molecular complexity index is 6390. The molecule has 474 valence electrons. The number of aryl methyl sites for hydroxylation is 5. The summed E-state index contributed by atoms with van der Waals surface area (Å²) in [5.41, 5.74) is 31.9. The van der Waals surface area contributed by atoms with Gasteiger partial charge in [-0.25, -0.2) is 0 Å². The molecule has 19 aromatic rings. The summed E-state index contributed by atoms with van der Waals surface area (Å²) >= 11 is 0. The van der Waals surface area contributed by atoms with Crippen molar-refractivity contribution in [3.63, 3.8) is 0 Å². The lowest BCUT2D eigenvalue weighted by Gasteiger charge is -2.15. The van der Waals surface area contributed by atoms with Crippen LogP contribution in [0.15, 0.2) is 291 Å². The van der Waals surface area contributed by atoms with Gasteiger partial charge in [-0.15, -0.1) is 0 Å². The molecule has 14 aromatic carbocycles. The van der Waals surface area contributed by atoms with E-state index in [9.17, 15) is 0 Å². The Kier molecular flexibility index (Phi) is 13.7. The largest absolute Gasteiger partial charge is 0.341 e. The predicted molar refractivity (Wildman–Crippen MR) is 423 cm³/mol. The summed E-state index contributed by atoms with van der Waals surface area (Å²) in [5, 5.41) is 12.8. The van der Waals surface area contributed by atoms with E-state index in [1.165, 1.54) is 198 Å². The average Bonchev–Trinajstić information content (AvgIpc) is 1.61. The van der Waals surface area contributed by atoms with Gasteiger partial charge in [0.25, 0.3) is 0 Å². The summed E-state index contributed by atoms with van der Waals surface area (Å²) in [6, 6.07) is 111. The highest BCUT2D eigenvalue weighted by molar-refractivity contribution is 6.17. The first-order chi connectivity index (χ1) is 48.8. The lowest BCUT2D eigenvalue weighted by Crippen LogP contribution is -1.96. The van der Waals surface area contributed by atoms with Crippen LogP contribution in [0, 0.1) is 0 Å². The van der Waals surface area contributed by atoms with E-state index < -0.39 is 0 Å². The van der Waals surface area contributed by atoms with Crippen molar-refractivity contribution in [3.8, 4) is 89.0 Å². The molecule has 0 saturated carbocycles. The van der Waals surface area contributed by atoms with E-state index in [4.69, 9.17) is 0 Å². The predicted octanol–water partition coefficient (Wildman–Crippen LogP) is 25.7. The topological polar surface area (TPSA) is 24.6 Å². The summed E-state index contributed by atoms with van der Waals surface area (Å²) in [5.74, 6) is 0. The van der Waals surface area contributed by atoms with Crippen molar-refractivity contribution in [2.75, 3.05) is 0 Å². The highest BCUT2D eigenvalue weighted by atomic mass is 15.0. The van der Waals surface area contributed by atoms with Gasteiger partial charge in [0.15, 0.2) is 0 Å². The summed E-state index contributed by atoms with van der Waals surface area (Å²) in [6.07, 6.45) is 0. The fourth-order valence-electron chi connectivity index (χ4n) is 17.2. The fraction of sp³-hybridized carbons (Fsp3) is 0.106. The van der Waals surface area contributed by atoms with Gasteiger partial charge in [0.2, 0.25) is 0 Å². The van der Waals surface area contributed by atoms with E-state index in [0.29, 0.717) is 0 Å². The fourth-order valence-corrected chi connectivity index (χ4v) is 17.2. The molecule has 19 rings (SSSR count). The molecule has 0 bridgehead atoms. The number of nitrogens with zero attached hydrogens (tertiary/aromatic N) is 5. The Morgan fingerprint density at radius 1 is 0.162 bits per heavy atom. The third-order valence-corrected chi connectivity index (χ3v) is 21.8. The van der Waals surface area contributed by atoms with E-state index in [2.05, 4.69) is 349 Å². The van der Waals surface area contributed by atoms with Crippen LogP contribution in [-0.2, 0) is 32.7 Å². The molecule has 0 aliphatic heterocycles. The summed E-state index contributed by atoms with van der Waals surface area (Å²) in [6.45, 7) is 15.7. The second-order valence-electron chi connectivity index (χ2n) is 26.9. The van der Waals surface area contributed by atoms with Crippen LogP contribution in [0.25, 0.3) is 198 Å². The highest BCUT2D eigenvalue weighted by Crippen LogP contribution is 2.46. The van der Waals surface area contributed by atoms with Crippen LogP contribution in [-0.4, -0.2) is 22.8 Å². The van der Waals surface area contributed by atoms with Crippen LogP contribution in [0.3, 0.4) is 0 Å². The van der Waals surface area contributed by atoms with Crippen LogP contribution < -0.4 is 0 Å². The SMILES string of the molecule is CCn1c2ccccc2c2cc(-c3cccc(-c4cccc(-c5cccc(-c6ccc7c(c6)c6cc(-c8cc(-c9cc(-c%10ccc%11c(c%10)c%10ccccc%10n%11CC)cc(-c%10ccc%11c(c%10)c%10ccccc%10n%11CC)c9)cc9c%10ccccc%10n(CC)c89)ccc6n7CC)c5)c4)c3)ccc21. The van der Waals surface area contributed by atoms with Gasteiger partial charge in [-0.1, -0.05) is 158 Å². The zero-order chi connectivity index (χ0) is 66.1.